The summed E-state index contributed by atoms with van der Waals surface area (Å²) < 4.78 is 5.20. The number of thioether (sulfide) groups is 1. The fraction of sp³-hybridized carbons (Fsp3) is 0.176. The van der Waals surface area contributed by atoms with Crippen LogP contribution in [0, 0.1) is 0 Å². The average molecular weight is 314 g/mol. The molecule has 0 spiro atoms. The fourth-order valence-electron chi connectivity index (χ4n) is 2.49. The first-order chi connectivity index (χ1) is 10.6. The Morgan fingerprint density at radius 1 is 1.23 bits per heavy atom. The number of hydrogen-bond acceptors (Lipinski definition) is 4. The van der Waals surface area contributed by atoms with Gasteiger partial charge < -0.3 is 9.84 Å². The Balaban J connectivity index is 2.08. The van der Waals surface area contributed by atoms with Gasteiger partial charge in [0.1, 0.15) is 5.75 Å². The predicted octanol–water partition coefficient (Wildman–Crippen LogP) is 3.16. The van der Waals surface area contributed by atoms with Crippen molar-refractivity contribution in [1.82, 2.24) is 0 Å². The van der Waals surface area contributed by atoms with Crippen LogP contribution in [0.25, 0.3) is 0 Å². The van der Waals surface area contributed by atoms with Crippen molar-refractivity contribution in [3.05, 3.63) is 58.7 Å². The average Bonchev–Trinajstić information content (AvgIpc) is 2.64. The second kappa shape index (κ2) is 5.85. The minimum Gasteiger partial charge on any atom is -0.497 e. The SMILES string of the molecule is COc1ccc2c(c1)C(=O)c1cc(CC(=O)O)ccc1SC2. The van der Waals surface area contributed by atoms with Crippen LogP contribution in [0.15, 0.2) is 41.3 Å². The van der Waals surface area contributed by atoms with Gasteiger partial charge >= 0.3 is 5.97 Å². The van der Waals surface area contributed by atoms with Crippen molar-refractivity contribution < 1.29 is 19.4 Å². The van der Waals surface area contributed by atoms with Gasteiger partial charge in [0.05, 0.1) is 13.5 Å². The molecule has 0 bridgehead atoms. The van der Waals surface area contributed by atoms with Crippen LogP contribution in [0.2, 0.25) is 0 Å². The van der Waals surface area contributed by atoms with Crippen molar-refractivity contribution >= 4 is 23.5 Å². The van der Waals surface area contributed by atoms with Crippen LogP contribution < -0.4 is 4.74 Å². The third kappa shape index (κ3) is 2.72. The van der Waals surface area contributed by atoms with Crippen LogP contribution in [0.5, 0.6) is 5.75 Å². The maximum absolute atomic E-state index is 12.8. The number of aliphatic carboxylic acids is 1. The van der Waals surface area contributed by atoms with Crippen molar-refractivity contribution in [2.75, 3.05) is 7.11 Å². The van der Waals surface area contributed by atoms with E-state index in [0.29, 0.717) is 28.2 Å². The second-order valence-electron chi connectivity index (χ2n) is 5.04. The molecule has 112 valence electrons. The number of ketones is 1. The van der Waals surface area contributed by atoms with Gasteiger partial charge in [-0.2, -0.15) is 0 Å². The molecule has 2 aromatic carbocycles. The standard InChI is InChI=1S/C17H14O4S/c1-21-12-4-3-11-9-22-15-5-2-10(7-16(18)19)6-14(15)17(20)13(11)8-12/h2-6,8H,7,9H2,1H3,(H,18,19). The molecule has 4 nitrogen and oxygen atoms in total. The number of methoxy groups -OCH3 is 1. The van der Waals surface area contributed by atoms with Gasteiger partial charge in [0.25, 0.3) is 0 Å². The molecule has 22 heavy (non-hydrogen) atoms. The van der Waals surface area contributed by atoms with Gasteiger partial charge in [-0.05, 0) is 35.4 Å². The third-order valence-corrected chi connectivity index (χ3v) is 4.71. The first-order valence-electron chi connectivity index (χ1n) is 6.77. The zero-order valence-corrected chi connectivity index (χ0v) is 12.8. The van der Waals surface area contributed by atoms with Crippen LogP contribution in [0.4, 0.5) is 0 Å². The van der Waals surface area contributed by atoms with E-state index >= 15 is 0 Å². The largest absolute Gasteiger partial charge is 0.497 e. The van der Waals surface area contributed by atoms with Crippen molar-refractivity contribution in [1.29, 1.82) is 0 Å². The van der Waals surface area contributed by atoms with Gasteiger partial charge in [0.2, 0.25) is 0 Å². The molecular formula is C17H14O4S. The summed E-state index contributed by atoms with van der Waals surface area (Å²) >= 11 is 1.59. The highest BCUT2D eigenvalue weighted by Gasteiger charge is 2.22. The molecule has 1 N–H and O–H groups in total. The summed E-state index contributed by atoms with van der Waals surface area (Å²) in [5, 5.41) is 8.91. The molecule has 0 saturated carbocycles. The molecule has 0 radical (unpaired) electrons. The number of ether oxygens (including phenoxy) is 1. The number of hydrogen-bond donors (Lipinski definition) is 1. The van der Waals surface area contributed by atoms with Gasteiger partial charge in [-0.25, -0.2) is 0 Å². The zero-order chi connectivity index (χ0) is 15.7. The molecule has 0 aromatic heterocycles. The summed E-state index contributed by atoms with van der Waals surface area (Å²) in [6.45, 7) is 0. The van der Waals surface area contributed by atoms with Crippen molar-refractivity contribution in [3.63, 3.8) is 0 Å². The van der Waals surface area contributed by atoms with E-state index in [2.05, 4.69) is 0 Å². The molecule has 0 fully saturated rings. The van der Waals surface area contributed by atoms with E-state index in [9.17, 15) is 9.59 Å². The Bertz CT molecular complexity index is 767. The Hall–Kier alpha value is -2.27. The maximum atomic E-state index is 12.8. The van der Waals surface area contributed by atoms with Crippen molar-refractivity contribution in [2.45, 2.75) is 17.1 Å². The summed E-state index contributed by atoms with van der Waals surface area (Å²) in [5.41, 5.74) is 2.78. The molecule has 1 aliphatic heterocycles. The molecule has 0 aliphatic carbocycles. The monoisotopic (exact) mass is 314 g/mol. The number of carbonyl (C=O) groups is 2. The third-order valence-electron chi connectivity index (χ3n) is 3.59. The molecule has 1 aliphatic rings. The lowest BCUT2D eigenvalue weighted by Crippen LogP contribution is -2.06. The lowest BCUT2D eigenvalue weighted by Gasteiger charge is -2.08. The van der Waals surface area contributed by atoms with E-state index in [-0.39, 0.29) is 12.2 Å². The molecule has 1 heterocycles. The van der Waals surface area contributed by atoms with Gasteiger partial charge in [0.15, 0.2) is 5.78 Å². The number of benzene rings is 2. The van der Waals surface area contributed by atoms with E-state index in [1.165, 1.54) is 0 Å². The quantitative estimate of drug-likeness (QED) is 0.943. The lowest BCUT2D eigenvalue weighted by molar-refractivity contribution is -0.136. The molecule has 0 atom stereocenters. The number of carbonyl (C=O) groups excluding carboxylic acids is 1. The summed E-state index contributed by atoms with van der Waals surface area (Å²) in [6.07, 6.45) is -0.0871. The number of fused-ring (bicyclic) bond motifs is 2. The van der Waals surface area contributed by atoms with E-state index in [1.54, 1.807) is 37.1 Å². The van der Waals surface area contributed by atoms with E-state index in [1.807, 2.05) is 18.2 Å². The highest BCUT2D eigenvalue weighted by molar-refractivity contribution is 7.98. The highest BCUT2D eigenvalue weighted by atomic mass is 32.2. The Kier molecular flexibility index (Phi) is 3.90. The molecule has 0 unspecified atom stereocenters. The molecule has 2 aromatic rings. The Labute approximate surface area is 132 Å². The molecule has 3 rings (SSSR count). The van der Waals surface area contributed by atoms with Gasteiger partial charge in [-0.15, -0.1) is 11.8 Å². The highest BCUT2D eigenvalue weighted by Crippen LogP contribution is 2.35. The number of carboxylic acids is 1. The lowest BCUT2D eigenvalue weighted by atomic mass is 9.97. The first kappa shape index (κ1) is 14.7. The maximum Gasteiger partial charge on any atom is 0.307 e. The van der Waals surface area contributed by atoms with Gasteiger partial charge in [-0.3, -0.25) is 9.59 Å². The molecular weight excluding hydrogens is 300 g/mol. The molecule has 5 heteroatoms. The molecule has 0 amide bonds. The van der Waals surface area contributed by atoms with Gasteiger partial charge in [-0.1, -0.05) is 12.1 Å². The van der Waals surface area contributed by atoms with Gasteiger partial charge in [0, 0.05) is 21.8 Å². The molecule has 0 saturated heterocycles. The topological polar surface area (TPSA) is 63.6 Å². The van der Waals surface area contributed by atoms with Crippen LogP contribution >= 0.6 is 11.8 Å². The van der Waals surface area contributed by atoms with Crippen LogP contribution in [0.1, 0.15) is 27.0 Å². The summed E-state index contributed by atoms with van der Waals surface area (Å²) in [7, 11) is 1.57. The normalized spacial score (nSPS) is 13.0. The Morgan fingerprint density at radius 3 is 2.77 bits per heavy atom. The minimum absolute atomic E-state index is 0.0823. The van der Waals surface area contributed by atoms with E-state index in [4.69, 9.17) is 9.84 Å². The van der Waals surface area contributed by atoms with Crippen molar-refractivity contribution in [3.8, 4) is 5.75 Å². The second-order valence-corrected chi connectivity index (χ2v) is 6.06. The summed E-state index contributed by atoms with van der Waals surface area (Å²) in [6, 6.07) is 10.8. The number of carboxylic acid groups (broad SMARTS) is 1. The summed E-state index contributed by atoms with van der Waals surface area (Å²) in [4.78, 5) is 24.6. The Morgan fingerprint density at radius 2 is 2.05 bits per heavy atom. The van der Waals surface area contributed by atoms with Crippen LogP contribution in [-0.2, 0) is 17.0 Å². The summed E-state index contributed by atoms with van der Waals surface area (Å²) in [5.74, 6) is 0.357. The van der Waals surface area contributed by atoms with Crippen LogP contribution in [-0.4, -0.2) is 24.0 Å². The number of rotatable bonds is 3. The van der Waals surface area contributed by atoms with Crippen LogP contribution in [0.3, 0.4) is 0 Å². The van der Waals surface area contributed by atoms with E-state index in [0.717, 1.165) is 10.5 Å². The predicted molar refractivity (Wildman–Crippen MR) is 83.8 cm³/mol. The smallest absolute Gasteiger partial charge is 0.307 e. The zero-order valence-electron chi connectivity index (χ0n) is 12.0. The fourth-order valence-corrected chi connectivity index (χ4v) is 3.52. The van der Waals surface area contributed by atoms with E-state index < -0.39 is 5.97 Å². The first-order valence-corrected chi connectivity index (χ1v) is 7.76. The van der Waals surface area contributed by atoms with Crippen molar-refractivity contribution in [2.24, 2.45) is 0 Å². The minimum atomic E-state index is -0.907.